The van der Waals surface area contributed by atoms with Crippen molar-refractivity contribution in [2.45, 2.75) is 71.4 Å². The van der Waals surface area contributed by atoms with E-state index in [0.29, 0.717) is 17.0 Å². The van der Waals surface area contributed by atoms with Gasteiger partial charge in [-0.3, -0.25) is 4.79 Å². The van der Waals surface area contributed by atoms with E-state index in [2.05, 4.69) is 20.3 Å². The van der Waals surface area contributed by atoms with Gasteiger partial charge in [-0.15, -0.1) is 11.3 Å². The monoisotopic (exact) mass is 623 g/mol. The molecule has 0 spiro atoms. The molecule has 0 aliphatic carbocycles. The molecule has 2 N–H and O–H groups in total. The number of nitrogens with zero attached hydrogens (tertiary/aromatic N) is 4. The predicted molar refractivity (Wildman–Crippen MR) is 152 cm³/mol. The van der Waals surface area contributed by atoms with E-state index in [1.807, 2.05) is 6.92 Å². The molecule has 1 aromatic carbocycles. The van der Waals surface area contributed by atoms with Gasteiger partial charge in [-0.05, 0) is 50.3 Å². The normalized spacial score (nSPS) is 20.0. The zero-order valence-electron chi connectivity index (χ0n) is 24.3. The quantitative estimate of drug-likeness (QED) is 0.282. The van der Waals surface area contributed by atoms with Crippen molar-refractivity contribution in [3.63, 3.8) is 0 Å². The lowest BCUT2D eigenvalue weighted by Gasteiger charge is -2.49. The smallest absolute Gasteiger partial charge is 0.451 e. The van der Waals surface area contributed by atoms with Gasteiger partial charge in [0.05, 0.1) is 12.1 Å². The van der Waals surface area contributed by atoms with Crippen molar-refractivity contribution in [3.05, 3.63) is 58.6 Å². The van der Waals surface area contributed by atoms with Crippen LogP contribution in [0.25, 0.3) is 10.6 Å². The lowest BCUT2D eigenvalue weighted by Crippen LogP contribution is -2.63. The van der Waals surface area contributed by atoms with Crippen LogP contribution in [0.4, 0.5) is 22.4 Å². The number of likely N-dealkylation sites (tertiary alicyclic amines) is 1. The van der Waals surface area contributed by atoms with E-state index >= 15 is 4.39 Å². The summed E-state index contributed by atoms with van der Waals surface area (Å²) in [5.41, 5.74) is -1.77. The second-order valence-electron chi connectivity index (χ2n) is 11.7. The lowest BCUT2D eigenvalue weighted by atomic mass is 9.72. The molecule has 2 amide bonds. The summed E-state index contributed by atoms with van der Waals surface area (Å²) >= 11 is 1.38. The van der Waals surface area contributed by atoms with Crippen molar-refractivity contribution in [1.82, 2.24) is 25.2 Å². The number of carbonyl (C=O) groups is 2. The Morgan fingerprint density at radius 2 is 1.84 bits per heavy atom. The van der Waals surface area contributed by atoms with Gasteiger partial charge in [0.25, 0.3) is 5.91 Å². The van der Waals surface area contributed by atoms with Gasteiger partial charge < -0.3 is 20.1 Å². The van der Waals surface area contributed by atoms with E-state index in [1.54, 1.807) is 46.0 Å². The molecule has 43 heavy (non-hydrogen) atoms. The molecule has 14 heteroatoms. The number of aromatic nitrogens is 3. The van der Waals surface area contributed by atoms with E-state index in [-0.39, 0.29) is 29.8 Å². The minimum absolute atomic E-state index is 0.101. The van der Waals surface area contributed by atoms with Gasteiger partial charge in [0.2, 0.25) is 5.82 Å². The molecule has 3 heterocycles. The maximum absolute atomic E-state index is 16.6. The average molecular weight is 624 g/mol. The van der Waals surface area contributed by atoms with Crippen molar-refractivity contribution in [1.29, 1.82) is 0 Å². The number of alkyl halides is 4. The number of amides is 2. The highest BCUT2D eigenvalue weighted by Gasteiger charge is 2.53. The molecule has 232 valence electrons. The summed E-state index contributed by atoms with van der Waals surface area (Å²) in [4.78, 5) is 38.4. The summed E-state index contributed by atoms with van der Waals surface area (Å²) in [6, 6.07) is 2.95. The Balaban J connectivity index is 1.61. The largest absolute Gasteiger partial charge is 0.490 e. The van der Waals surface area contributed by atoms with E-state index in [9.17, 15) is 27.9 Å². The first kappa shape index (κ1) is 32.1. The summed E-state index contributed by atoms with van der Waals surface area (Å²) in [6.07, 6.45) is -1.78. The number of hydrogen-bond acceptors (Lipinski definition) is 7. The Hall–Kier alpha value is -3.81. The Kier molecular flexibility index (Phi) is 9.00. The van der Waals surface area contributed by atoms with Crippen LogP contribution in [0.1, 0.15) is 73.2 Å². The third-order valence-corrected chi connectivity index (χ3v) is 8.11. The van der Waals surface area contributed by atoms with Crippen LogP contribution in [0.3, 0.4) is 0 Å². The van der Waals surface area contributed by atoms with Gasteiger partial charge in [0.1, 0.15) is 17.4 Å². The number of aryl methyl sites for hydroxylation is 1. The number of piperidine rings is 1. The lowest BCUT2D eigenvalue weighted by molar-refractivity contribution is -0.145. The molecule has 9 nitrogen and oxygen atoms in total. The fourth-order valence-corrected chi connectivity index (χ4v) is 6.14. The van der Waals surface area contributed by atoms with Gasteiger partial charge >= 0.3 is 12.3 Å². The molecule has 1 fully saturated rings. The minimum atomic E-state index is -4.69. The van der Waals surface area contributed by atoms with E-state index < -0.39 is 53.8 Å². The maximum Gasteiger partial charge on any atom is 0.451 e. The van der Waals surface area contributed by atoms with Crippen LogP contribution in [0.2, 0.25) is 0 Å². The third kappa shape index (κ3) is 7.40. The van der Waals surface area contributed by atoms with Crippen LogP contribution < -0.4 is 10.1 Å². The molecule has 1 saturated heterocycles. The Labute approximate surface area is 250 Å². The number of halogens is 4. The van der Waals surface area contributed by atoms with Crippen LogP contribution in [0.15, 0.2) is 36.8 Å². The number of nitrogens with one attached hydrogen (secondary N) is 1. The molecular weight excluding hydrogens is 590 g/mol. The molecule has 0 radical (unpaired) electrons. The van der Waals surface area contributed by atoms with Gasteiger partial charge in [-0.2, -0.15) is 13.2 Å². The van der Waals surface area contributed by atoms with Crippen LogP contribution in [0.5, 0.6) is 5.75 Å². The second-order valence-corrected chi connectivity index (χ2v) is 13.0. The molecule has 3 aromatic rings. The van der Waals surface area contributed by atoms with E-state index in [4.69, 9.17) is 4.74 Å². The summed E-state index contributed by atoms with van der Waals surface area (Å²) < 4.78 is 61.1. The summed E-state index contributed by atoms with van der Waals surface area (Å²) in [6.45, 7) is 8.57. The first-order chi connectivity index (χ1) is 20.0. The Bertz CT molecular complexity index is 1470. The van der Waals surface area contributed by atoms with Crippen LogP contribution >= 0.6 is 11.3 Å². The molecule has 1 aliphatic heterocycles. The number of benzene rings is 1. The molecule has 1 aliphatic rings. The number of hydrogen-bond donors (Lipinski definition) is 2. The fraction of sp³-hybridized carbons (Fsp3) is 0.483. The van der Waals surface area contributed by atoms with Gasteiger partial charge in [0, 0.05) is 46.7 Å². The number of rotatable bonds is 7. The van der Waals surface area contributed by atoms with Crippen molar-refractivity contribution >= 4 is 23.3 Å². The van der Waals surface area contributed by atoms with Gasteiger partial charge in [-0.25, -0.2) is 24.1 Å². The standard InChI is InChI=1S/C29H33F4N5O4S/c1-16-12-34-23(43-16)19-9-18(22(39)37-17(2)20-13-35-25(36-14-20)29(31,32)33)10-21(11-19)42-15-28(30)7-6-8-38(26(40)41)24(28)27(3,4)5/h9-14,17,24H,6-8,15H2,1-5H3,(H,37,39)(H,40,41)/t17-,24?,28?/m1/s1. The number of carboxylic acid groups (broad SMARTS) is 1. The number of ether oxygens (including phenoxy) is 1. The van der Waals surface area contributed by atoms with Gasteiger partial charge in [0.15, 0.2) is 5.67 Å². The maximum atomic E-state index is 16.6. The molecular formula is C29H33F4N5O4S. The summed E-state index contributed by atoms with van der Waals surface area (Å²) in [7, 11) is 0. The molecule has 0 bridgehead atoms. The molecule has 2 aromatic heterocycles. The van der Waals surface area contributed by atoms with Crippen molar-refractivity contribution in [2.24, 2.45) is 5.41 Å². The third-order valence-electron chi connectivity index (χ3n) is 7.15. The van der Waals surface area contributed by atoms with E-state index in [0.717, 1.165) is 22.2 Å². The Morgan fingerprint density at radius 1 is 1.16 bits per heavy atom. The fourth-order valence-electron chi connectivity index (χ4n) is 5.39. The van der Waals surface area contributed by atoms with Crippen LogP contribution in [-0.4, -0.2) is 61.8 Å². The molecule has 0 saturated carbocycles. The average Bonchev–Trinajstić information content (AvgIpc) is 3.36. The van der Waals surface area contributed by atoms with E-state index in [1.165, 1.54) is 17.4 Å². The number of carbonyl (C=O) groups excluding carboxylic acids is 1. The molecule has 4 rings (SSSR count). The second kappa shape index (κ2) is 12.1. The highest BCUT2D eigenvalue weighted by atomic mass is 32.1. The molecule has 2 unspecified atom stereocenters. The first-order valence-corrected chi connectivity index (χ1v) is 14.4. The predicted octanol–water partition coefficient (Wildman–Crippen LogP) is 6.69. The van der Waals surface area contributed by atoms with Crippen LogP contribution in [-0.2, 0) is 6.18 Å². The van der Waals surface area contributed by atoms with Crippen LogP contribution in [0, 0.1) is 12.3 Å². The first-order valence-electron chi connectivity index (χ1n) is 13.6. The van der Waals surface area contributed by atoms with Gasteiger partial charge in [-0.1, -0.05) is 20.8 Å². The zero-order valence-corrected chi connectivity index (χ0v) is 25.1. The molecule has 3 atom stereocenters. The van der Waals surface area contributed by atoms with Crippen molar-refractivity contribution in [3.8, 4) is 16.3 Å². The van der Waals surface area contributed by atoms with Crippen molar-refractivity contribution in [2.75, 3.05) is 13.2 Å². The number of thiazole rings is 1. The highest BCUT2D eigenvalue weighted by Crippen LogP contribution is 2.42. The zero-order chi connectivity index (χ0) is 31.7. The summed E-state index contributed by atoms with van der Waals surface area (Å²) in [5.74, 6) is -1.67. The summed E-state index contributed by atoms with van der Waals surface area (Å²) in [5, 5.41) is 13.1. The Morgan fingerprint density at radius 3 is 2.40 bits per heavy atom. The SMILES string of the molecule is Cc1cnc(-c2cc(OCC3(F)CCCN(C(=O)O)C3C(C)(C)C)cc(C(=O)N[C@H](C)c3cnc(C(F)(F)F)nc3)c2)s1. The minimum Gasteiger partial charge on any atom is -0.490 e. The highest BCUT2D eigenvalue weighted by molar-refractivity contribution is 7.14. The van der Waals surface area contributed by atoms with Crippen molar-refractivity contribution < 1.29 is 37.0 Å². The topological polar surface area (TPSA) is 118 Å².